The Kier molecular flexibility index (Phi) is 1.99. The largest absolute Gasteiger partial charge is 0.489 e. The Balaban J connectivity index is 3.75. The van der Waals surface area contributed by atoms with Gasteiger partial charge in [-0.2, -0.15) is 0 Å². The zero-order valence-electron chi connectivity index (χ0n) is 3.81. The first-order valence-corrected chi connectivity index (χ1v) is 1.61. The van der Waals surface area contributed by atoms with Crippen molar-refractivity contribution in [3.8, 4) is 0 Å². The minimum Gasteiger partial charge on any atom is -0.311 e. The molecule has 2 N–H and O–H groups in total. The summed E-state index contributed by atoms with van der Waals surface area (Å²) in [4.78, 5) is 0. The van der Waals surface area contributed by atoms with E-state index in [1.807, 2.05) is 0 Å². The summed E-state index contributed by atoms with van der Waals surface area (Å²) in [5, 5.41) is 14.3. The lowest BCUT2D eigenvalue weighted by atomic mass is 11.1. The second-order valence-electron chi connectivity index (χ2n) is 1.07. The first-order valence-electron chi connectivity index (χ1n) is 1.61. The fraction of sp³-hybridized carbons (Fsp3) is 1.00. The Morgan fingerprint density at radius 3 is 1.11 bits per heavy atom. The number of aliphatic hydroxyl groups is 2. The van der Waals surface area contributed by atoms with E-state index in [0.717, 1.165) is 0 Å². The van der Waals surface area contributed by atoms with Crippen LogP contribution in [-0.2, 0) is 4.74 Å². The molecule has 0 rings (SSSR count). The zero-order chi connectivity index (χ0) is 7.71. The molecular weight excluding hydrogens is 148 g/mol. The summed E-state index contributed by atoms with van der Waals surface area (Å²) in [6.07, 6.45) is -10.0. The molecule has 0 aromatic heterocycles. The maximum atomic E-state index is 10.9. The number of hydrogen-bond acceptors (Lipinski definition) is 3. The molecule has 0 spiro atoms. The predicted molar refractivity (Wildman–Crippen MR) is 15.4 cm³/mol. The van der Waals surface area contributed by atoms with Crippen LogP contribution >= 0.6 is 0 Å². The molecule has 0 saturated heterocycles. The smallest absolute Gasteiger partial charge is 0.311 e. The third-order valence-electron chi connectivity index (χ3n) is 0.246. The Morgan fingerprint density at radius 1 is 0.889 bits per heavy atom. The summed E-state index contributed by atoms with van der Waals surface area (Å²) in [5.41, 5.74) is 0. The molecule has 9 heavy (non-hydrogen) atoms. The van der Waals surface area contributed by atoms with Gasteiger partial charge in [0.1, 0.15) is 0 Å². The predicted octanol–water partition coefficient (Wildman–Crippen LogP) is 0.0882. The van der Waals surface area contributed by atoms with Crippen molar-refractivity contribution in [2.75, 3.05) is 0 Å². The first-order chi connectivity index (χ1) is 3.71. The van der Waals surface area contributed by atoms with E-state index in [0.29, 0.717) is 0 Å². The van der Waals surface area contributed by atoms with Gasteiger partial charge in [0.05, 0.1) is 0 Å². The van der Waals surface area contributed by atoms with E-state index >= 15 is 0 Å². The molecule has 0 saturated carbocycles. The molecular formula is C2H2F4O3. The SMILES string of the molecule is OC(F)(F)OC(O)(F)F. The number of ether oxygens (including phenoxy) is 1. The van der Waals surface area contributed by atoms with Crippen LogP contribution in [-0.4, -0.2) is 22.8 Å². The molecule has 0 aromatic carbocycles. The van der Waals surface area contributed by atoms with E-state index in [1.165, 1.54) is 0 Å². The molecule has 0 amide bonds. The molecule has 56 valence electrons. The van der Waals surface area contributed by atoms with Gasteiger partial charge in [0.2, 0.25) is 0 Å². The van der Waals surface area contributed by atoms with Crippen molar-refractivity contribution in [2.24, 2.45) is 0 Å². The van der Waals surface area contributed by atoms with Crippen LogP contribution in [0.5, 0.6) is 0 Å². The normalized spacial score (nSPS) is 14.0. The standard InChI is InChI=1S/C2H2F4O3/c3-1(4,7)9-2(5,6)8/h7-8H. The molecule has 0 aliphatic carbocycles. The molecule has 0 aromatic rings. The van der Waals surface area contributed by atoms with Gasteiger partial charge in [-0.1, -0.05) is 0 Å². The van der Waals surface area contributed by atoms with Crippen molar-refractivity contribution < 1.29 is 32.5 Å². The van der Waals surface area contributed by atoms with Crippen molar-refractivity contribution in [1.29, 1.82) is 0 Å². The number of alkyl halides is 4. The van der Waals surface area contributed by atoms with Gasteiger partial charge in [0.25, 0.3) is 0 Å². The minimum absolute atomic E-state index is 2.07. The van der Waals surface area contributed by atoms with Gasteiger partial charge in [-0.15, -0.1) is 17.6 Å². The van der Waals surface area contributed by atoms with Crippen molar-refractivity contribution in [3.05, 3.63) is 0 Å². The Labute approximate surface area is 46.5 Å². The van der Waals surface area contributed by atoms with Gasteiger partial charge in [-0.3, -0.25) is 0 Å². The molecule has 0 aliphatic heterocycles. The monoisotopic (exact) mass is 150 g/mol. The van der Waals surface area contributed by atoms with Gasteiger partial charge < -0.3 is 10.2 Å². The highest BCUT2D eigenvalue weighted by atomic mass is 19.3. The van der Waals surface area contributed by atoms with Crippen LogP contribution in [0.25, 0.3) is 0 Å². The highest BCUT2D eigenvalue weighted by Gasteiger charge is 2.41. The lowest BCUT2D eigenvalue weighted by molar-refractivity contribution is -0.507. The van der Waals surface area contributed by atoms with Crippen LogP contribution in [0, 0.1) is 0 Å². The number of halogens is 4. The van der Waals surface area contributed by atoms with E-state index in [2.05, 4.69) is 4.74 Å². The van der Waals surface area contributed by atoms with Crippen molar-refractivity contribution in [3.63, 3.8) is 0 Å². The van der Waals surface area contributed by atoms with E-state index in [4.69, 9.17) is 10.2 Å². The summed E-state index contributed by atoms with van der Waals surface area (Å²) >= 11 is 0. The van der Waals surface area contributed by atoms with Crippen LogP contribution in [0.4, 0.5) is 17.6 Å². The Morgan fingerprint density at radius 2 is 1.11 bits per heavy atom. The van der Waals surface area contributed by atoms with E-state index in [9.17, 15) is 17.6 Å². The summed E-state index contributed by atoms with van der Waals surface area (Å²) in [6.45, 7) is 0. The second kappa shape index (κ2) is 2.09. The Hall–Kier alpha value is -0.400. The lowest BCUT2D eigenvalue weighted by Crippen LogP contribution is -2.32. The van der Waals surface area contributed by atoms with Crippen LogP contribution in [0.2, 0.25) is 0 Å². The molecule has 0 radical (unpaired) electrons. The zero-order valence-corrected chi connectivity index (χ0v) is 3.81. The van der Waals surface area contributed by atoms with E-state index < -0.39 is 12.6 Å². The highest BCUT2D eigenvalue weighted by Crippen LogP contribution is 2.21. The van der Waals surface area contributed by atoms with Gasteiger partial charge in [0, 0.05) is 0 Å². The van der Waals surface area contributed by atoms with Crippen molar-refractivity contribution >= 4 is 0 Å². The van der Waals surface area contributed by atoms with Gasteiger partial charge in [-0.05, 0) is 0 Å². The molecule has 0 bridgehead atoms. The lowest BCUT2D eigenvalue weighted by Gasteiger charge is -2.12. The van der Waals surface area contributed by atoms with E-state index in [-0.39, 0.29) is 0 Å². The molecule has 3 nitrogen and oxygen atoms in total. The van der Waals surface area contributed by atoms with Gasteiger partial charge in [-0.25, -0.2) is 4.74 Å². The second-order valence-corrected chi connectivity index (χ2v) is 1.07. The maximum absolute atomic E-state index is 10.9. The van der Waals surface area contributed by atoms with Crippen molar-refractivity contribution in [2.45, 2.75) is 12.6 Å². The molecule has 0 fully saturated rings. The van der Waals surface area contributed by atoms with Crippen LogP contribution in [0.3, 0.4) is 0 Å². The van der Waals surface area contributed by atoms with Crippen molar-refractivity contribution in [1.82, 2.24) is 0 Å². The third-order valence-corrected chi connectivity index (χ3v) is 0.246. The number of rotatable bonds is 2. The fourth-order valence-electron chi connectivity index (χ4n) is 0.148. The van der Waals surface area contributed by atoms with Crippen LogP contribution in [0.1, 0.15) is 0 Å². The van der Waals surface area contributed by atoms with Crippen LogP contribution < -0.4 is 0 Å². The Bertz CT molecular complexity index is 79.0. The molecule has 0 aliphatic rings. The average molecular weight is 150 g/mol. The summed E-state index contributed by atoms with van der Waals surface area (Å²) in [7, 11) is 0. The third kappa shape index (κ3) is 7.60. The van der Waals surface area contributed by atoms with Gasteiger partial charge in [0.15, 0.2) is 0 Å². The molecule has 0 unspecified atom stereocenters. The molecule has 7 heteroatoms. The maximum Gasteiger partial charge on any atom is 0.489 e. The average Bonchev–Trinajstić information content (AvgIpc) is 1.14. The summed E-state index contributed by atoms with van der Waals surface area (Å²) in [6, 6.07) is 0. The minimum atomic E-state index is -5.02. The summed E-state index contributed by atoms with van der Waals surface area (Å²) < 4.78 is 45.7. The number of hydrogen-bond donors (Lipinski definition) is 2. The van der Waals surface area contributed by atoms with E-state index in [1.54, 1.807) is 0 Å². The quantitative estimate of drug-likeness (QED) is 0.433. The highest BCUT2D eigenvalue weighted by molar-refractivity contribution is 4.28. The molecule has 0 atom stereocenters. The van der Waals surface area contributed by atoms with Crippen LogP contribution in [0.15, 0.2) is 0 Å². The summed E-state index contributed by atoms with van der Waals surface area (Å²) in [5.74, 6) is 0. The first kappa shape index (κ1) is 8.60. The topological polar surface area (TPSA) is 49.7 Å². The molecule has 0 heterocycles. The fourth-order valence-corrected chi connectivity index (χ4v) is 0.148. The van der Waals surface area contributed by atoms with Gasteiger partial charge >= 0.3 is 12.6 Å².